The second kappa shape index (κ2) is 7.00. The minimum Gasteiger partial charge on any atom is -0.415 e. The smallest absolute Gasteiger partial charge is 0.192 e. The molecule has 114 valence electrons. The summed E-state index contributed by atoms with van der Waals surface area (Å²) >= 11 is 3.36. The molecule has 0 aliphatic rings. The van der Waals surface area contributed by atoms with E-state index in [4.69, 9.17) is 4.43 Å². The molecule has 0 atom stereocenters. The molecule has 4 nitrogen and oxygen atoms in total. The first-order chi connectivity index (χ1) is 9.17. The van der Waals surface area contributed by atoms with E-state index in [9.17, 15) is 0 Å². The quantitative estimate of drug-likeness (QED) is 0.717. The standard InChI is InChI=1S/C14H26BrN3OSi/c1-7-18(12-10-13(15)17-16-11-12)8-9-19-20(5,6)14(2,3)4/h10-11H,7-9H2,1-6H3. The van der Waals surface area contributed by atoms with Crippen LogP contribution in [-0.2, 0) is 4.43 Å². The molecule has 0 fully saturated rings. The fourth-order valence-electron chi connectivity index (χ4n) is 1.60. The van der Waals surface area contributed by atoms with Gasteiger partial charge in [-0.25, -0.2) is 0 Å². The monoisotopic (exact) mass is 359 g/mol. The van der Waals surface area contributed by atoms with E-state index >= 15 is 0 Å². The lowest BCUT2D eigenvalue weighted by Crippen LogP contribution is -2.42. The van der Waals surface area contributed by atoms with Gasteiger partial charge in [0.1, 0.15) is 4.60 Å². The maximum absolute atomic E-state index is 6.23. The van der Waals surface area contributed by atoms with Crippen molar-refractivity contribution in [2.75, 3.05) is 24.6 Å². The van der Waals surface area contributed by atoms with Gasteiger partial charge >= 0.3 is 0 Å². The van der Waals surface area contributed by atoms with Gasteiger partial charge in [0, 0.05) is 13.1 Å². The summed E-state index contributed by atoms with van der Waals surface area (Å²) in [6.45, 7) is 16.1. The molecule has 1 aromatic heterocycles. The van der Waals surface area contributed by atoms with Crippen molar-refractivity contribution >= 4 is 29.9 Å². The van der Waals surface area contributed by atoms with Crippen LogP contribution in [0.5, 0.6) is 0 Å². The Morgan fingerprint density at radius 3 is 2.50 bits per heavy atom. The van der Waals surface area contributed by atoms with Crippen molar-refractivity contribution in [2.45, 2.75) is 45.8 Å². The zero-order chi connectivity index (χ0) is 15.4. The molecule has 0 aliphatic carbocycles. The molecular weight excluding hydrogens is 334 g/mol. The van der Waals surface area contributed by atoms with Gasteiger partial charge in [-0.3, -0.25) is 0 Å². The third kappa shape index (κ3) is 4.82. The van der Waals surface area contributed by atoms with Crippen LogP contribution in [0.3, 0.4) is 0 Å². The van der Waals surface area contributed by atoms with E-state index in [-0.39, 0.29) is 5.04 Å². The molecular formula is C14H26BrN3OSi. The van der Waals surface area contributed by atoms with Gasteiger partial charge in [-0.1, -0.05) is 20.8 Å². The van der Waals surface area contributed by atoms with Gasteiger partial charge in [-0.05, 0) is 47.1 Å². The predicted molar refractivity (Wildman–Crippen MR) is 90.8 cm³/mol. The van der Waals surface area contributed by atoms with Crippen LogP contribution in [0.2, 0.25) is 18.1 Å². The van der Waals surface area contributed by atoms with Gasteiger partial charge in [0.05, 0.1) is 18.5 Å². The number of rotatable bonds is 6. The predicted octanol–water partition coefficient (Wildman–Crippen LogP) is 4.09. The highest BCUT2D eigenvalue weighted by atomic mass is 79.9. The van der Waals surface area contributed by atoms with Crippen molar-refractivity contribution in [3.05, 3.63) is 16.9 Å². The van der Waals surface area contributed by atoms with Crippen molar-refractivity contribution in [1.29, 1.82) is 0 Å². The number of hydrogen-bond acceptors (Lipinski definition) is 4. The van der Waals surface area contributed by atoms with Crippen molar-refractivity contribution < 1.29 is 4.43 Å². The average molecular weight is 360 g/mol. The van der Waals surface area contributed by atoms with Gasteiger partial charge in [0.15, 0.2) is 8.32 Å². The number of nitrogens with zero attached hydrogens (tertiary/aromatic N) is 3. The first-order valence-corrected chi connectivity index (χ1v) is 10.7. The topological polar surface area (TPSA) is 38.2 Å². The van der Waals surface area contributed by atoms with Crippen molar-refractivity contribution in [3.63, 3.8) is 0 Å². The summed E-state index contributed by atoms with van der Waals surface area (Å²) < 4.78 is 6.99. The lowest BCUT2D eigenvalue weighted by Gasteiger charge is -2.37. The molecule has 0 saturated heterocycles. The number of halogens is 1. The summed E-state index contributed by atoms with van der Waals surface area (Å²) in [5.41, 5.74) is 1.08. The van der Waals surface area contributed by atoms with E-state index in [1.807, 2.05) is 6.07 Å². The largest absolute Gasteiger partial charge is 0.415 e. The molecule has 0 radical (unpaired) electrons. The molecule has 1 aromatic rings. The fraction of sp³-hybridized carbons (Fsp3) is 0.714. The highest BCUT2D eigenvalue weighted by Gasteiger charge is 2.36. The lowest BCUT2D eigenvalue weighted by atomic mass is 10.2. The van der Waals surface area contributed by atoms with Gasteiger partial charge in [-0.15, -0.1) is 5.10 Å². The van der Waals surface area contributed by atoms with Crippen molar-refractivity contribution in [2.24, 2.45) is 0 Å². The number of anilines is 1. The Hall–Kier alpha value is -0.463. The molecule has 0 saturated carbocycles. The third-order valence-corrected chi connectivity index (χ3v) is 8.91. The summed E-state index contributed by atoms with van der Waals surface area (Å²) in [7, 11) is -1.66. The SMILES string of the molecule is CCN(CCO[Si](C)(C)C(C)(C)C)c1cnnc(Br)c1. The summed E-state index contributed by atoms with van der Waals surface area (Å²) in [6.07, 6.45) is 1.79. The van der Waals surface area contributed by atoms with Crippen LogP contribution >= 0.6 is 15.9 Å². The summed E-state index contributed by atoms with van der Waals surface area (Å²) in [6, 6.07) is 1.99. The Bertz CT molecular complexity index is 435. The first kappa shape index (κ1) is 17.6. The van der Waals surface area contributed by atoms with E-state index in [0.717, 1.165) is 30.0 Å². The van der Waals surface area contributed by atoms with Crippen LogP contribution < -0.4 is 4.90 Å². The van der Waals surface area contributed by atoms with Crippen molar-refractivity contribution in [3.8, 4) is 0 Å². The molecule has 20 heavy (non-hydrogen) atoms. The second-order valence-corrected chi connectivity index (χ2v) is 12.0. The van der Waals surface area contributed by atoms with Gasteiger partial charge in [-0.2, -0.15) is 5.10 Å². The Morgan fingerprint density at radius 2 is 2.00 bits per heavy atom. The van der Waals surface area contributed by atoms with Gasteiger partial charge < -0.3 is 9.33 Å². The van der Waals surface area contributed by atoms with E-state index in [2.05, 4.69) is 71.8 Å². The minimum absolute atomic E-state index is 0.255. The molecule has 0 spiro atoms. The van der Waals surface area contributed by atoms with Crippen LogP contribution in [0, 0.1) is 0 Å². The van der Waals surface area contributed by atoms with Crippen molar-refractivity contribution in [1.82, 2.24) is 10.2 Å². The van der Waals surface area contributed by atoms with E-state index in [1.54, 1.807) is 6.20 Å². The van der Waals surface area contributed by atoms with Crippen LogP contribution in [-0.4, -0.2) is 38.2 Å². The third-order valence-electron chi connectivity index (χ3n) is 3.99. The van der Waals surface area contributed by atoms with E-state index < -0.39 is 8.32 Å². The Kier molecular flexibility index (Phi) is 6.16. The van der Waals surface area contributed by atoms with Crippen LogP contribution in [0.15, 0.2) is 16.9 Å². The fourth-order valence-corrected chi connectivity index (χ4v) is 2.96. The normalized spacial score (nSPS) is 12.6. The summed E-state index contributed by atoms with van der Waals surface area (Å²) in [5.74, 6) is 0. The molecule has 0 bridgehead atoms. The maximum Gasteiger partial charge on any atom is 0.192 e. The maximum atomic E-state index is 6.23. The zero-order valence-electron chi connectivity index (χ0n) is 13.4. The van der Waals surface area contributed by atoms with Crippen LogP contribution in [0.1, 0.15) is 27.7 Å². The zero-order valence-corrected chi connectivity index (χ0v) is 16.0. The lowest BCUT2D eigenvalue weighted by molar-refractivity contribution is 0.294. The second-order valence-electron chi connectivity index (χ2n) is 6.42. The van der Waals surface area contributed by atoms with Crippen LogP contribution in [0.4, 0.5) is 5.69 Å². The molecule has 0 N–H and O–H groups in total. The first-order valence-electron chi connectivity index (χ1n) is 7.04. The highest BCUT2D eigenvalue weighted by molar-refractivity contribution is 9.10. The minimum atomic E-state index is -1.66. The molecule has 0 amide bonds. The summed E-state index contributed by atoms with van der Waals surface area (Å²) in [5, 5.41) is 8.16. The van der Waals surface area contributed by atoms with Gasteiger partial charge in [0.25, 0.3) is 0 Å². The number of likely N-dealkylation sites (N-methyl/N-ethyl adjacent to an activating group) is 1. The summed E-state index contributed by atoms with van der Waals surface area (Å²) in [4.78, 5) is 2.26. The Labute approximate surface area is 132 Å². The number of hydrogen-bond donors (Lipinski definition) is 0. The highest BCUT2D eigenvalue weighted by Crippen LogP contribution is 2.36. The molecule has 1 rings (SSSR count). The van der Waals surface area contributed by atoms with Crippen LogP contribution in [0.25, 0.3) is 0 Å². The average Bonchev–Trinajstić information content (AvgIpc) is 2.33. The molecule has 1 heterocycles. The molecule has 0 unspecified atom stereocenters. The molecule has 0 aromatic carbocycles. The van der Waals surface area contributed by atoms with E-state index in [0.29, 0.717) is 0 Å². The van der Waals surface area contributed by atoms with Gasteiger partial charge in [0.2, 0.25) is 0 Å². The molecule has 6 heteroatoms. The van der Waals surface area contributed by atoms with E-state index in [1.165, 1.54) is 0 Å². The Balaban J connectivity index is 2.59. The molecule has 0 aliphatic heterocycles. The number of aromatic nitrogens is 2. The Morgan fingerprint density at radius 1 is 1.35 bits per heavy atom.